The van der Waals surface area contributed by atoms with Crippen molar-refractivity contribution in [1.29, 1.82) is 0 Å². The van der Waals surface area contributed by atoms with Gasteiger partial charge in [-0.2, -0.15) is 0 Å². The second-order valence-electron chi connectivity index (χ2n) is 6.48. The molecule has 4 rings (SSSR count). The lowest BCUT2D eigenvalue weighted by atomic mass is 10.0. The van der Waals surface area contributed by atoms with Gasteiger partial charge >= 0.3 is 11.9 Å². The third kappa shape index (κ3) is 4.94. The molecule has 0 aliphatic carbocycles. The molecule has 0 amide bonds. The van der Waals surface area contributed by atoms with Gasteiger partial charge in [-0.1, -0.05) is 36.4 Å². The number of carboxylic acids is 2. The van der Waals surface area contributed by atoms with Crippen molar-refractivity contribution in [3.05, 3.63) is 96.1 Å². The molecular formula is C24H18O6. The first-order chi connectivity index (χ1) is 14.3. The molecule has 6 nitrogen and oxygen atoms in total. The fourth-order valence-corrected chi connectivity index (χ4v) is 2.82. The summed E-state index contributed by atoms with van der Waals surface area (Å²) in [6, 6.07) is 23.1. The van der Waals surface area contributed by atoms with Crippen molar-refractivity contribution in [3.63, 3.8) is 0 Å². The van der Waals surface area contributed by atoms with Crippen LogP contribution in [0.5, 0.6) is 11.5 Å². The summed E-state index contributed by atoms with van der Waals surface area (Å²) < 4.78 is 0. The highest BCUT2D eigenvalue weighted by Gasteiger charge is 2.06. The topological polar surface area (TPSA) is 115 Å². The van der Waals surface area contributed by atoms with Gasteiger partial charge in [0.25, 0.3) is 0 Å². The molecule has 0 aliphatic rings. The van der Waals surface area contributed by atoms with Gasteiger partial charge in [-0.25, -0.2) is 9.59 Å². The average Bonchev–Trinajstić information content (AvgIpc) is 2.74. The molecule has 0 aromatic heterocycles. The number of phenols is 2. The maximum Gasteiger partial charge on any atom is 0.335 e. The third-order valence-corrected chi connectivity index (χ3v) is 4.40. The number of aromatic carboxylic acids is 2. The molecule has 0 aliphatic heterocycles. The van der Waals surface area contributed by atoms with Crippen molar-refractivity contribution in [2.24, 2.45) is 0 Å². The normalized spacial score (nSPS) is 10.1. The molecule has 0 radical (unpaired) electrons. The van der Waals surface area contributed by atoms with E-state index >= 15 is 0 Å². The number of aromatic hydroxyl groups is 2. The van der Waals surface area contributed by atoms with E-state index < -0.39 is 11.9 Å². The molecule has 0 atom stereocenters. The molecule has 0 spiro atoms. The van der Waals surface area contributed by atoms with Gasteiger partial charge < -0.3 is 20.4 Å². The van der Waals surface area contributed by atoms with Crippen LogP contribution in [0, 0.1) is 0 Å². The van der Waals surface area contributed by atoms with Crippen LogP contribution in [0.15, 0.2) is 84.9 Å². The van der Waals surface area contributed by atoms with Gasteiger partial charge in [0.15, 0.2) is 0 Å². The molecule has 4 N–H and O–H groups in total. The highest BCUT2D eigenvalue weighted by atomic mass is 16.4. The molecule has 0 fully saturated rings. The Morgan fingerprint density at radius 2 is 0.833 bits per heavy atom. The predicted octanol–water partition coefficient (Wildman–Crippen LogP) is 5.00. The summed E-state index contributed by atoms with van der Waals surface area (Å²) >= 11 is 0. The molecule has 4 aromatic carbocycles. The monoisotopic (exact) mass is 402 g/mol. The summed E-state index contributed by atoms with van der Waals surface area (Å²) in [5.41, 5.74) is 2.41. The smallest absolute Gasteiger partial charge is 0.335 e. The number of hydrogen-bond acceptors (Lipinski definition) is 4. The quantitative estimate of drug-likeness (QED) is 0.383. The summed E-state index contributed by atoms with van der Waals surface area (Å²) in [7, 11) is 0. The number of phenolic OH excluding ortho intramolecular Hbond substituents is 2. The van der Waals surface area contributed by atoms with E-state index in [2.05, 4.69) is 0 Å². The molecule has 0 heterocycles. The largest absolute Gasteiger partial charge is 0.508 e. The van der Waals surface area contributed by atoms with Crippen LogP contribution in [0.25, 0.3) is 21.9 Å². The van der Waals surface area contributed by atoms with Crippen LogP contribution in [-0.4, -0.2) is 32.4 Å². The summed E-state index contributed by atoms with van der Waals surface area (Å²) in [5, 5.41) is 37.2. The van der Waals surface area contributed by atoms with E-state index in [1.54, 1.807) is 36.4 Å². The lowest BCUT2D eigenvalue weighted by molar-refractivity contribution is 0.0686. The van der Waals surface area contributed by atoms with E-state index in [1.807, 2.05) is 24.3 Å². The van der Waals surface area contributed by atoms with Crippen molar-refractivity contribution in [3.8, 4) is 22.6 Å². The molecule has 6 heteroatoms. The lowest BCUT2D eigenvalue weighted by Gasteiger charge is -2.01. The van der Waals surface area contributed by atoms with Crippen molar-refractivity contribution >= 4 is 22.7 Å². The van der Waals surface area contributed by atoms with Crippen LogP contribution < -0.4 is 0 Å². The van der Waals surface area contributed by atoms with E-state index in [0.717, 1.165) is 11.1 Å². The fourth-order valence-electron chi connectivity index (χ4n) is 2.82. The van der Waals surface area contributed by atoms with Crippen molar-refractivity contribution in [2.45, 2.75) is 0 Å². The lowest BCUT2D eigenvalue weighted by Crippen LogP contribution is -1.97. The van der Waals surface area contributed by atoms with Gasteiger partial charge in [0.1, 0.15) is 11.5 Å². The van der Waals surface area contributed by atoms with Crippen molar-refractivity contribution in [2.75, 3.05) is 0 Å². The Morgan fingerprint density at radius 1 is 0.500 bits per heavy atom. The Balaban J connectivity index is 0.000000172. The molecular weight excluding hydrogens is 384 g/mol. The standard InChI is InChI=1S/C12H8O4.C12H10O2/c13-11(14)9-3-1-7-5-10(12(15)16)4-2-8(7)6-9;13-11-5-1-9(2-6-11)10-3-7-12(14)8-4-10/h1-6H,(H,13,14)(H,15,16);1-8,13-14H. The molecule has 0 unspecified atom stereocenters. The van der Waals surface area contributed by atoms with E-state index in [1.165, 1.54) is 24.3 Å². The number of carboxylic acid groups (broad SMARTS) is 2. The second-order valence-corrected chi connectivity index (χ2v) is 6.48. The maximum absolute atomic E-state index is 10.7. The van der Waals surface area contributed by atoms with Gasteiger partial charge in [-0.15, -0.1) is 0 Å². The Bertz CT molecular complexity index is 1100. The summed E-state index contributed by atoms with van der Waals surface area (Å²) in [4.78, 5) is 21.5. The fraction of sp³-hybridized carbons (Fsp3) is 0. The first kappa shape index (κ1) is 20.4. The van der Waals surface area contributed by atoms with E-state index in [4.69, 9.17) is 20.4 Å². The highest BCUT2D eigenvalue weighted by Crippen LogP contribution is 2.23. The first-order valence-electron chi connectivity index (χ1n) is 8.92. The maximum atomic E-state index is 10.7. The zero-order chi connectivity index (χ0) is 21.7. The zero-order valence-corrected chi connectivity index (χ0v) is 15.7. The molecule has 4 aromatic rings. The summed E-state index contributed by atoms with van der Waals surface area (Å²) in [6.45, 7) is 0. The average molecular weight is 402 g/mol. The molecule has 30 heavy (non-hydrogen) atoms. The van der Waals surface area contributed by atoms with E-state index in [0.29, 0.717) is 10.8 Å². The van der Waals surface area contributed by atoms with Gasteiger partial charge in [-0.05, 0) is 70.4 Å². The van der Waals surface area contributed by atoms with Gasteiger partial charge in [0, 0.05) is 0 Å². The zero-order valence-electron chi connectivity index (χ0n) is 15.7. The Hall–Kier alpha value is -4.32. The van der Waals surface area contributed by atoms with Crippen LogP contribution in [0.4, 0.5) is 0 Å². The van der Waals surface area contributed by atoms with Crippen molar-refractivity contribution < 1.29 is 30.0 Å². The van der Waals surface area contributed by atoms with Gasteiger partial charge in [0.2, 0.25) is 0 Å². The Kier molecular flexibility index (Phi) is 5.98. The van der Waals surface area contributed by atoms with Crippen LogP contribution in [0.1, 0.15) is 20.7 Å². The van der Waals surface area contributed by atoms with E-state index in [-0.39, 0.29) is 22.6 Å². The molecule has 150 valence electrons. The number of carbonyl (C=O) groups is 2. The SMILES string of the molecule is O=C(O)c1ccc2cc(C(=O)O)ccc2c1.Oc1ccc(-c2ccc(O)cc2)cc1. The summed E-state index contributed by atoms with van der Waals surface area (Å²) in [6.07, 6.45) is 0. The molecule has 0 saturated carbocycles. The molecule has 0 saturated heterocycles. The molecule has 0 bridgehead atoms. The number of fused-ring (bicyclic) bond motifs is 1. The van der Waals surface area contributed by atoms with Crippen LogP contribution in [0.2, 0.25) is 0 Å². The minimum atomic E-state index is -0.996. The Labute approximate surface area is 171 Å². The van der Waals surface area contributed by atoms with Crippen LogP contribution >= 0.6 is 0 Å². The first-order valence-corrected chi connectivity index (χ1v) is 8.92. The minimum Gasteiger partial charge on any atom is -0.508 e. The summed E-state index contributed by atoms with van der Waals surface area (Å²) in [5.74, 6) is -1.48. The van der Waals surface area contributed by atoms with Crippen LogP contribution in [0.3, 0.4) is 0 Å². The predicted molar refractivity (Wildman–Crippen MR) is 113 cm³/mol. The van der Waals surface area contributed by atoms with E-state index in [9.17, 15) is 9.59 Å². The number of benzene rings is 4. The second kappa shape index (κ2) is 8.79. The van der Waals surface area contributed by atoms with Gasteiger partial charge in [-0.3, -0.25) is 0 Å². The van der Waals surface area contributed by atoms with Crippen molar-refractivity contribution in [1.82, 2.24) is 0 Å². The third-order valence-electron chi connectivity index (χ3n) is 4.40. The Morgan fingerprint density at radius 3 is 1.13 bits per heavy atom. The minimum absolute atomic E-state index is 0.190. The van der Waals surface area contributed by atoms with Crippen LogP contribution in [-0.2, 0) is 0 Å². The number of rotatable bonds is 3. The highest BCUT2D eigenvalue weighted by molar-refractivity contribution is 5.97. The number of hydrogen-bond donors (Lipinski definition) is 4. The van der Waals surface area contributed by atoms with Gasteiger partial charge in [0.05, 0.1) is 11.1 Å².